The molecule has 0 saturated carbocycles. The number of hydrogen-bond donors (Lipinski definition) is 1. The van der Waals surface area contributed by atoms with E-state index in [1.165, 1.54) is 31.5 Å². The first-order valence-electron chi connectivity index (χ1n) is 10.4. The number of benzene rings is 1. The number of nitrogens with zero attached hydrogens (tertiary/aromatic N) is 4. The zero-order chi connectivity index (χ0) is 25.0. The fraction of sp³-hybridized carbons (Fsp3) is 0.167. The second-order valence-corrected chi connectivity index (χ2v) is 7.61. The van der Waals surface area contributed by atoms with Crippen molar-refractivity contribution in [1.82, 2.24) is 20.1 Å². The molecule has 0 atom stereocenters. The molecule has 3 heterocycles. The molecule has 0 radical (unpaired) electrons. The van der Waals surface area contributed by atoms with Gasteiger partial charge in [-0.25, -0.2) is 9.97 Å². The molecule has 0 aliphatic carbocycles. The van der Waals surface area contributed by atoms with Crippen molar-refractivity contribution >= 4 is 17.4 Å². The van der Waals surface area contributed by atoms with Crippen LogP contribution >= 0.6 is 0 Å². The molecule has 0 aliphatic heterocycles. The fourth-order valence-electron chi connectivity index (χ4n) is 3.29. The monoisotopic (exact) mass is 481 g/mol. The lowest BCUT2D eigenvalue weighted by Gasteiger charge is -2.12. The molecule has 8 nitrogen and oxygen atoms in total. The Morgan fingerprint density at radius 2 is 1.80 bits per heavy atom. The van der Waals surface area contributed by atoms with Crippen LogP contribution in [0.25, 0.3) is 11.3 Å². The average molecular weight is 481 g/mol. The molecule has 35 heavy (non-hydrogen) atoms. The van der Waals surface area contributed by atoms with Crippen molar-refractivity contribution in [3.63, 3.8) is 0 Å². The molecule has 4 aromatic rings. The summed E-state index contributed by atoms with van der Waals surface area (Å²) in [5.74, 6) is -1.20. The molecule has 0 spiro atoms. The van der Waals surface area contributed by atoms with Gasteiger partial charge in [-0.2, -0.15) is 13.2 Å². The number of halogens is 3. The second-order valence-electron chi connectivity index (χ2n) is 7.61. The average Bonchev–Trinajstić information content (AvgIpc) is 3.33. The van der Waals surface area contributed by atoms with E-state index in [2.05, 4.69) is 25.4 Å². The largest absolute Gasteiger partial charge is 0.416 e. The van der Waals surface area contributed by atoms with E-state index < -0.39 is 17.6 Å². The Labute approximate surface area is 197 Å². The molecule has 0 aliphatic rings. The number of carbonyl (C=O) groups is 2. The third-order valence-electron chi connectivity index (χ3n) is 5.12. The SMILES string of the molecule is Cc1ccc(NC(=O)c2cc(CCC(=O)c3cc(-c4ccncc4)ncn3)no2)cc1C(F)(F)F. The summed E-state index contributed by atoms with van der Waals surface area (Å²) in [7, 11) is 0. The van der Waals surface area contributed by atoms with Crippen LogP contribution in [-0.4, -0.2) is 31.8 Å². The van der Waals surface area contributed by atoms with Crippen molar-refractivity contribution < 1.29 is 27.3 Å². The minimum Gasteiger partial charge on any atom is -0.351 e. The number of alkyl halides is 3. The molecule has 1 N–H and O–H groups in total. The Kier molecular flexibility index (Phi) is 6.67. The molecular formula is C24H18F3N5O3. The fourth-order valence-corrected chi connectivity index (χ4v) is 3.29. The number of hydrogen-bond acceptors (Lipinski definition) is 7. The second kappa shape index (κ2) is 9.84. The molecule has 3 aromatic heterocycles. The van der Waals surface area contributed by atoms with Crippen molar-refractivity contribution in [3.8, 4) is 11.3 Å². The first-order chi connectivity index (χ1) is 16.7. The maximum absolute atomic E-state index is 13.1. The summed E-state index contributed by atoms with van der Waals surface area (Å²) >= 11 is 0. The van der Waals surface area contributed by atoms with Crippen LogP contribution in [0.2, 0.25) is 0 Å². The molecule has 0 saturated heterocycles. The summed E-state index contributed by atoms with van der Waals surface area (Å²) < 4.78 is 44.3. The summed E-state index contributed by atoms with van der Waals surface area (Å²) in [5, 5.41) is 6.14. The quantitative estimate of drug-likeness (QED) is 0.373. The lowest BCUT2D eigenvalue weighted by molar-refractivity contribution is -0.138. The predicted molar refractivity (Wildman–Crippen MR) is 119 cm³/mol. The molecule has 0 fully saturated rings. The van der Waals surface area contributed by atoms with Gasteiger partial charge in [0.05, 0.1) is 17.0 Å². The van der Waals surface area contributed by atoms with Crippen molar-refractivity contribution in [1.29, 1.82) is 0 Å². The molecule has 0 bridgehead atoms. The van der Waals surface area contributed by atoms with Gasteiger partial charge in [0.25, 0.3) is 5.91 Å². The molecule has 178 valence electrons. The summed E-state index contributed by atoms with van der Waals surface area (Å²) in [5.41, 5.74) is 1.10. The minimum absolute atomic E-state index is 0.0326. The molecule has 1 aromatic carbocycles. The number of aryl methyl sites for hydroxylation is 2. The number of Topliss-reactive ketones (excluding diaryl/α,β-unsaturated/α-hetero) is 1. The van der Waals surface area contributed by atoms with Crippen LogP contribution in [0.1, 0.15) is 44.3 Å². The number of nitrogens with one attached hydrogen (secondary N) is 1. The Bertz CT molecular complexity index is 1370. The summed E-state index contributed by atoms with van der Waals surface area (Å²) in [6.45, 7) is 1.33. The van der Waals surface area contributed by atoms with Gasteiger partial charge < -0.3 is 9.84 Å². The van der Waals surface area contributed by atoms with E-state index in [0.717, 1.165) is 11.6 Å². The number of ketones is 1. The summed E-state index contributed by atoms with van der Waals surface area (Å²) in [6.07, 6.45) is 0.215. The van der Waals surface area contributed by atoms with Gasteiger partial charge >= 0.3 is 6.18 Å². The smallest absolute Gasteiger partial charge is 0.351 e. The standard InChI is InChI=1S/C24H18F3N5O3/c1-14-2-3-16(10-18(14)24(25,26)27)31-23(34)22-11-17(32-35-22)4-5-21(33)20-12-19(29-13-30-20)15-6-8-28-9-7-15/h2-3,6-13H,4-5H2,1H3,(H,31,34). The topological polar surface area (TPSA) is 111 Å². The van der Waals surface area contributed by atoms with Gasteiger partial charge in [-0.15, -0.1) is 0 Å². The number of amides is 1. The van der Waals surface area contributed by atoms with E-state index in [4.69, 9.17) is 4.52 Å². The van der Waals surface area contributed by atoms with Crippen LogP contribution in [0.5, 0.6) is 0 Å². The molecular weight excluding hydrogens is 463 g/mol. The Morgan fingerprint density at radius 3 is 2.54 bits per heavy atom. The minimum atomic E-state index is -4.54. The van der Waals surface area contributed by atoms with Crippen LogP contribution in [0.15, 0.2) is 65.7 Å². The van der Waals surface area contributed by atoms with E-state index in [9.17, 15) is 22.8 Å². The first-order valence-corrected chi connectivity index (χ1v) is 10.4. The van der Waals surface area contributed by atoms with E-state index in [0.29, 0.717) is 11.4 Å². The van der Waals surface area contributed by atoms with Crippen LogP contribution in [0.3, 0.4) is 0 Å². The molecule has 11 heteroatoms. The maximum Gasteiger partial charge on any atom is 0.416 e. The van der Waals surface area contributed by atoms with Crippen molar-refractivity contribution in [2.24, 2.45) is 0 Å². The first kappa shape index (κ1) is 23.7. The van der Waals surface area contributed by atoms with Gasteiger partial charge in [-0.3, -0.25) is 14.6 Å². The third-order valence-corrected chi connectivity index (χ3v) is 5.12. The number of aromatic nitrogens is 4. The lowest BCUT2D eigenvalue weighted by Crippen LogP contribution is -2.13. The summed E-state index contributed by atoms with van der Waals surface area (Å²) in [6, 6.07) is 9.92. The Hall–Kier alpha value is -4.41. The summed E-state index contributed by atoms with van der Waals surface area (Å²) in [4.78, 5) is 37.1. The van der Waals surface area contributed by atoms with E-state index >= 15 is 0 Å². The number of rotatable bonds is 7. The molecule has 4 rings (SSSR count). The Morgan fingerprint density at radius 1 is 1.03 bits per heavy atom. The Balaban J connectivity index is 1.38. The van der Waals surface area contributed by atoms with Crippen LogP contribution in [0, 0.1) is 6.92 Å². The highest BCUT2D eigenvalue weighted by molar-refractivity contribution is 6.02. The van der Waals surface area contributed by atoms with Gasteiger partial charge in [0.1, 0.15) is 12.0 Å². The van der Waals surface area contributed by atoms with Gasteiger partial charge in [-0.05, 0) is 42.8 Å². The van der Waals surface area contributed by atoms with E-state index in [1.807, 2.05) is 0 Å². The van der Waals surface area contributed by atoms with Gasteiger partial charge in [0.2, 0.25) is 5.76 Å². The van der Waals surface area contributed by atoms with E-state index in [1.54, 1.807) is 30.6 Å². The van der Waals surface area contributed by atoms with E-state index in [-0.39, 0.29) is 41.3 Å². The normalized spacial score (nSPS) is 11.3. The molecule has 0 unspecified atom stereocenters. The highest BCUT2D eigenvalue weighted by Gasteiger charge is 2.32. The van der Waals surface area contributed by atoms with Crippen LogP contribution in [0.4, 0.5) is 18.9 Å². The number of carbonyl (C=O) groups excluding carboxylic acids is 2. The number of pyridine rings is 1. The van der Waals surface area contributed by atoms with Crippen LogP contribution < -0.4 is 5.32 Å². The lowest BCUT2D eigenvalue weighted by atomic mass is 10.1. The zero-order valence-electron chi connectivity index (χ0n) is 18.3. The van der Waals surface area contributed by atoms with Gasteiger partial charge in [0, 0.05) is 42.6 Å². The third kappa shape index (κ3) is 5.75. The van der Waals surface area contributed by atoms with Crippen molar-refractivity contribution in [2.75, 3.05) is 5.32 Å². The van der Waals surface area contributed by atoms with Crippen LogP contribution in [-0.2, 0) is 12.6 Å². The van der Waals surface area contributed by atoms with Gasteiger partial charge in [0.15, 0.2) is 5.78 Å². The number of anilines is 1. The van der Waals surface area contributed by atoms with Crippen molar-refractivity contribution in [3.05, 3.63) is 89.5 Å². The zero-order valence-corrected chi connectivity index (χ0v) is 18.3. The van der Waals surface area contributed by atoms with Crippen molar-refractivity contribution in [2.45, 2.75) is 25.9 Å². The predicted octanol–water partition coefficient (Wildman–Crippen LogP) is 4.92. The van der Waals surface area contributed by atoms with Gasteiger partial charge in [-0.1, -0.05) is 11.2 Å². The molecule has 1 amide bonds. The maximum atomic E-state index is 13.1. The highest BCUT2D eigenvalue weighted by Crippen LogP contribution is 2.33. The highest BCUT2D eigenvalue weighted by atomic mass is 19.4.